The van der Waals surface area contributed by atoms with Gasteiger partial charge in [0, 0.05) is 38.7 Å². The lowest BCUT2D eigenvalue weighted by atomic mass is 9.96. The van der Waals surface area contributed by atoms with Crippen LogP contribution in [-0.4, -0.2) is 12.1 Å². The Morgan fingerprint density at radius 3 is 2.32 bits per heavy atom. The van der Waals surface area contributed by atoms with Gasteiger partial charge in [0.15, 0.2) is 0 Å². The van der Waals surface area contributed by atoms with E-state index in [0.29, 0.717) is 21.3 Å². The molecule has 1 N–H and O–H groups in total. The first kappa shape index (κ1) is 18.6. The first-order valence-electron chi connectivity index (χ1n) is 8.74. The highest BCUT2D eigenvalue weighted by Crippen LogP contribution is 2.40. The Labute approximate surface area is 172 Å². The number of ether oxygens (including phenoxy) is 1. The van der Waals surface area contributed by atoms with Gasteiger partial charge in [-0.2, -0.15) is 0 Å². The molecule has 1 heterocycles. The number of aromatic nitrogens is 1. The summed E-state index contributed by atoms with van der Waals surface area (Å²) in [4.78, 5) is 15.2. The Morgan fingerprint density at radius 2 is 1.61 bits per heavy atom. The van der Waals surface area contributed by atoms with Gasteiger partial charge in [-0.3, -0.25) is 4.79 Å². The second-order valence-electron chi connectivity index (χ2n) is 6.64. The van der Waals surface area contributed by atoms with Crippen LogP contribution in [0.15, 0.2) is 65.5 Å². The molecule has 0 aliphatic carbocycles. The van der Waals surface area contributed by atoms with Crippen molar-refractivity contribution in [2.75, 3.05) is 7.11 Å². The van der Waals surface area contributed by atoms with E-state index < -0.39 is 0 Å². The average Bonchev–Trinajstić information content (AvgIpc) is 2.69. The molecule has 4 aromatic rings. The van der Waals surface area contributed by atoms with Crippen LogP contribution in [0.4, 0.5) is 0 Å². The third kappa shape index (κ3) is 3.39. The van der Waals surface area contributed by atoms with Crippen molar-refractivity contribution in [1.29, 1.82) is 0 Å². The maximum absolute atomic E-state index is 12.3. The Kier molecular flexibility index (Phi) is 4.88. The summed E-state index contributed by atoms with van der Waals surface area (Å²) in [5.41, 5.74) is 5.08. The van der Waals surface area contributed by atoms with Crippen molar-refractivity contribution in [1.82, 2.24) is 4.98 Å². The van der Waals surface area contributed by atoms with Gasteiger partial charge < -0.3 is 9.72 Å². The first-order valence-corrected chi connectivity index (χ1v) is 9.49. The number of aromatic amines is 1. The van der Waals surface area contributed by atoms with Gasteiger partial charge in [0.05, 0.1) is 12.6 Å². The van der Waals surface area contributed by atoms with Crippen LogP contribution in [0.2, 0.25) is 10.0 Å². The zero-order valence-electron chi connectivity index (χ0n) is 15.3. The molecule has 0 radical (unpaired) electrons. The number of benzene rings is 3. The Morgan fingerprint density at radius 1 is 0.857 bits per heavy atom. The zero-order valence-corrected chi connectivity index (χ0v) is 16.9. The predicted molar refractivity (Wildman–Crippen MR) is 117 cm³/mol. The van der Waals surface area contributed by atoms with Crippen molar-refractivity contribution in [2.45, 2.75) is 6.92 Å². The van der Waals surface area contributed by atoms with Gasteiger partial charge in [-0.1, -0.05) is 53.0 Å². The summed E-state index contributed by atoms with van der Waals surface area (Å²) < 4.78 is 5.58. The fraction of sp³-hybridized carbons (Fsp3) is 0.0870. The van der Waals surface area contributed by atoms with Gasteiger partial charge in [0.1, 0.15) is 5.75 Å². The number of nitrogens with one attached hydrogen (secondary N) is 1. The van der Waals surface area contributed by atoms with E-state index in [-0.39, 0.29) is 5.56 Å². The highest BCUT2D eigenvalue weighted by molar-refractivity contribution is 6.35. The van der Waals surface area contributed by atoms with Crippen LogP contribution in [0.1, 0.15) is 5.56 Å². The lowest BCUT2D eigenvalue weighted by molar-refractivity contribution is 0.417. The molecule has 0 unspecified atom stereocenters. The van der Waals surface area contributed by atoms with Gasteiger partial charge in [0.25, 0.3) is 0 Å². The van der Waals surface area contributed by atoms with Crippen LogP contribution >= 0.6 is 23.2 Å². The maximum Gasteiger partial charge on any atom is 0.249 e. The van der Waals surface area contributed by atoms with Crippen LogP contribution in [0.5, 0.6) is 5.75 Å². The van der Waals surface area contributed by atoms with Crippen molar-refractivity contribution < 1.29 is 4.74 Å². The van der Waals surface area contributed by atoms with Gasteiger partial charge in [-0.25, -0.2) is 0 Å². The van der Waals surface area contributed by atoms with E-state index in [1.807, 2.05) is 49.4 Å². The average molecular weight is 410 g/mol. The van der Waals surface area contributed by atoms with Crippen molar-refractivity contribution in [3.63, 3.8) is 0 Å². The molecule has 0 saturated carbocycles. The summed E-state index contributed by atoms with van der Waals surface area (Å²) in [6.45, 7) is 2.03. The lowest BCUT2D eigenvalue weighted by Gasteiger charge is -2.14. The normalized spacial score (nSPS) is 11.0. The lowest BCUT2D eigenvalue weighted by Crippen LogP contribution is -2.05. The minimum atomic E-state index is -0.168. The third-order valence-electron chi connectivity index (χ3n) is 4.74. The van der Waals surface area contributed by atoms with E-state index >= 15 is 0 Å². The number of hydrogen-bond donors (Lipinski definition) is 1. The van der Waals surface area contributed by atoms with Gasteiger partial charge in [-0.05, 0) is 42.3 Å². The van der Waals surface area contributed by atoms with E-state index in [1.165, 1.54) is 0 Å². The van der Waals surface area contributed by atoms with Crippen molar-refractivity contribution in [3.05, 3.63) is 86.6 Å². The van der Waals surface area contributed by atoms with E-state index in [9.17, 15) is 4.79 Å². The molecule has 4 rings (SSSR count). The van der Waals surface area contributed by atoms with E-state index in [0.717, 1.165) is 33.2 Å². The van der Waals surface area contributed by atoms with Crippen molar-refractivity contribution >= 4 is 34.1 Å². The molecule has 0 amide bonds. The number of aryl methyl sites for hydroxylation is 1. The summed E-state index contributed by atoms with van der Waals surface area (Å²) in [5.74, 6) is 0.605. The van der Waals surface area contributed by atoms with Gasteiger partial charge in [-0.15, -0.1) is 0 Å². The highest BCUT2D eigenvalue weighted by Gasteiger charge is 2.15. The standard InChI is InChI=1S/C23H17Cl2NO2/c1-13-3-5-14(6-4-13)16-11-23(27)26-21-12-22(28-2)19(10-18(16)21)17-9-15(24)7-8-20(17)25/h3-12H,1-2H3,(H,26,27). The van der Waals surface area contributed by atoms with Crippen LogP contribution in [0.25, 0.3) is 33.2 Å². The van der Waals surface area contributed by atoms with Crippen molar-refractivity contribution in [2.24, 2.45) is 0 Å². The molecule has 3 aromatic carbocycles. The monoisotopic (exact) mass is 409 g/mol. The van der Waals surface area contributed by atoms with Gasteiger partial charge in [0.2, 0.25) is 5.56 Å². The Bertz CT molecular complexity index is 1240. The number of methoxy groups -OCH3 is 1. The molecule has 0 saturated heterocycles. The first-order chi connectivity index (χ1) is 13.5. The van der Waals surface area contributed by atoms with E-state index in [4.69, 9.17) is 27.9 Å². The molecule has 1 aromatic heterocycles. The minimum Gasteiger partial charge on any atom is -0.496 e. The summed E-state index contributed by atoms with van der Waals surface area (Å²) in [7, 11) is 1.59. The second kappa shape index (κ2) is 7.34. The molecule has 0 aliphatic rings. The van der Waals surface area contributed by atoms with Crippen molar-refractivity contribution in [3.8, 4) is 28.0 Å². The molecule has 0 bridgehead atoms. The minimum absolute atomic E-state index is 0.168. The number of rotatable bonds is 3. The van der Waals surface area contributed by atoms with Crippen LogP contribution < -0.4 is 10.3 Å². The summed E-state index contributed by atoms with van der Waals surface area (Å²) >= 11 is 12.6. The molecular formula is C23H17Cl2NO2. The number of H-pyrrole nitrogens is 1. The van der Waals surface area contributed by atoms with E-state index in [1.54, 1.807) is 25.3 Å². The van der Waals surface area contributed by atoms with E-state index in [2.05, 4.69) is 4.98 Å². The van der Waals surface area contributed by atoms with Crippen LogP contribution in [0, 0.1) is 6.92 Å². The summed E-state index contributed by atoms with van der Waals surface area (Å²) in [6.07, 6.45) is 0. The fourth-order valence-electron chi connectivity index (χ4n) is 3.34. The third-order valence-corrected chi connectivity index (χ3v) is 5.31. The topological polar surface area (TPSA) is 42.1 Å². The quantitative estimate of drug-likeness (QED) is 0.420. The number of halogens is 2. The largest absolute Gasteiger partial charge is 0.496 e. The molecule has 28 heavy (non-hydrogen) atoms. The SMILES string of the molecule is COc1cc2[nH]c(=O)cc(-c3ccc(C)cc3)c2cc1-c1cc(Cl)ccc1Cl. The molecule has 0 fully saturated rings. The number of pyridine rings is 1. The fourth-order valence-corrected chi connectivity index (χ4v) is 3.73. The summed E-state index contributed by atoms with van der Waals surface area (Å²) in [5, 5.41) is 2.06. The predicted octanol–water partition coefficient (Wildman–Crippen LogP) is 6.49. The molecule has 140 valence electrons. The van der Waals surface area contributed by atoms with Crippen LogP contribution in [0.3, 0.4) is 0 Å². The zero-order chi connectivity index (χ0) is 19.8. The molecule has 0 atom stereocenters. The van der Waals surface area contributed by atoms with Crippen LogP contribution in [-0.2, 0) is 0 Å². The number of hydrogen-bond acceptors (Lipinski definition) is 2. The Balaban J connectivity index is 2.06. The summed E-state index contributed by atoms with van der Waals surface area (Å²) in [6, 6.07) is 18.8. The number of fused-ring (bicyclic) bond motifs is 1. The highest BCUT2D eigenvalue weighted by atomic mass is 35.5. The molecule has 0 aliphatic heterocycles. The van der Waals surface area contributed by atoms with Gasteiger partial charge >= 0.3 is 0 Å². The molecule has 0 spiro atoms. The smallest absolute Gasteiger partial charge is 0.249 e. The molecular weight excluding hydrogens is 393 g/mol. The molecule has 5 heteroatoms. The maximum atomic E-state index is 12.3. The Hall–Kier alpha value is -2.75. The molecule has 3 nitrogen and oxygen atoms in total. The second-order valence-corrected chi connectivity index (χ2v) is 7.48.